The van der Waals surface area contributed by atoms with Crippen molar-refractivity contribution in [3.05, 3.63) is 94.9 Å². The second kappa shape index (κ2) is 13.1. The monoisotopic (exact) mass is 593 g/mol. The van der Waals surface area contributed by atoms with E-state index in [4.69, 9.17) is 9.47 Å². The highest BCUT2D eigenvalue weighted by atomic mass is 32.2. The number of benzene rings is 2. The number of aryl methyl sites for hydroxylation is 3. The first-order valence-electron chi connectivity index (χ1n) is 13.3. The van der Waals surface area contributed by atoms with Crippen LogP contribution >= 0.6 is 0 Å². The van der Waals surface area contributed by atoms with Gasteiger partial charge in [-0.2, -0.15) is 8.42 Å². The fraction of sp³-hybridized carbons (Fsp3) is 0.258. The molecule has 0 fully saturated rings. The van der Waals surface area contributed by atoms with Gasteiger partial charge in [-0.1, -0.05) is 38.1 Å². The highest BCUT2D eigenvalue weighted by Gasteiger charge is 2.25. The van der Waals surface area contributed by atoms with Crippen LogP contribution in [-0.4, -0.2) is 42.6 Å². The molecule has 0 aliphatic rings. The lowest BCUT2D eigenvalue weighted by atomic mass is 10.1. The van der Waals surface area contributed by atoms with Gasteiger partial charge in [-0.25, -0.2) is 19.1 Å². The van der Waals surface area contributed by atoms with Gasteiger partial charge in [-0.3, -0.25) is 4.79 Å². The molecule has 0 spiro atoms. The number of carbonyl (C=O) groups excluding carboxylic acids is 1. The first kappa shape index (κ1) is 30.6. The van der Waals surface area contributed by atoms with Crippen LogP contribution in [-0.2, 0) is 16.4 Å². The molecular weight excluding hydrogens is 561 g/mol. The average molecular weight is 594 g/mol. The Balaban J connectivity index is 1.75. The molecule has 4 aromatic rings. The van der Waals surface area contributed by atoms with Gasteiger partial charge in [0.15, 0.2) is 5.03 Å². The van der Waals surface area contributed by atoms with Crippen molar-refractivity contribution in [2.24, 2.45) is 5.92 Å². The largest absolute Gasteiger partial charge is 0.493 e. The summed E-state index contributed by atoms with van der Waals surface area (Å²) in [5.74, 6) is -1.20. The number of hydrogen-bond donors (Lipinski definition) is 2. The maximum absolute atomic E-state index is 14.6. The molecule has 42 heavy (non-hydrogen) atoms. The zero-order valence-corrected chi connectivity index (χ0v) is 24.5. The van der Waals surface area contributed by atoms with Crippen molar-refractivity contribution in [2.75, 3.05) is 13.2 Å². The maximum atomic E-state index is 14.6. The zero-order chi connectivity index (χ0) is 30.4. The van der Waals surface area contributed by atoms with E-state index in [1.54, 1.807) is 25.1 Å². The van der Waals surface area contributed by atoms with Crippen molar-refractivity contribution >= 4 is 15.9 Å². The van der Waals surface area contributed by atoms with Crippen molar-refractivity contribution in [2.45, 2.75) is 39.1 Å². The van der Waals surface area contributed by atoms with Crippen LogP contribution in [0.4, 0.5) is 4.39 Å². The first-order chi connectivity index (χ1) is 20.0. The Hall–Kier alpha value is -4.35. The standard InChI is InChI=1S/C31H32FN3O6S/c1-5-24-10-7-11-28(33-24)42(38,39)35-30(37)26-12-13-27(34-31(26)41-29-20(3)8-6-9-21(29)4)22-14-23(32)16-25(15-22)40-18-19(2)17-36/h6-16,19,36H,5,17-18H2,1-4H3,(H,35,37). The molecule has 2 aromatic carbocycles. The molecule has 9 nitrogen and oxygen atoms in total. The Labute approximate surface area is 244 Å². The van der Waals surface area contributed by atoms with Crippen LogP contribution in [0, 0.1) is 25.6 Å². The quantitative estimate of drug-likeness (QED) is 0.237. The number of rotatable bonds is 11. The second-order valence-corrected chi connectivity index (χ2v) is 11.5. The molecule has 0 bridgehead atoms. The summed E-state index contributed by atoms with van der Waals surface area (Å²) in [6.45, 7) is 7.38. The summed E-state index contributed by atoms with van der Waals surface area (Å²) in [6, 6.07) is 16.9. The van der Waals surface area contributed by atoms with Gasteiger partial charge in [-0.15, -0.1) is 0 Å². The third kappa shape index (κ3) is 7.29. The number of pyridine rings is 2. The number of amides is 1. The first-order valence-corrected chi connectivity index (χ1v) is 14.8. The average Bonchev–Trinajstić information content (AvgIpc) is 2.97. The number of carbonyl (C=O) groups is 1. The molecule has 0 aliphatic carbocycles. The lowest BCUT2D eigenvalue weighted by Crippen LogP contribution is -2.31. The molecule has 1 amide bonds. The fourth-order valence-electron chi connectivity index (χ4n) is 4.03. The van der Waals surface area contributed by atoms with Crippen molar-refractivity contribution in [3.8, 4) is 28.6 Å². The number of ether oxygens (including phenoxy) is 2. The Bertz CT molecular complexity index is 1690. The molecule has 0 saturated heterocycles. The van der Waals surface area contributed by atoms with Gasteiger partial charge in [0.2, 0.25) is 5.88 Å². The van der Waals surface area contributed by atoms with Gasteiger partial charge in [0, 0.05) is 29.8 Å². The smallest absolute Gasteiger partial charge is 0.281 e. The van der Waals surface area contributed by atoms with Crippen LogP contribution in [0.1, 0.15) is 41.0 Å². The number of halogens is 1. The minimum Gasteiger partial charge on any atom is -0.493 e. The number of para-hydroxylation sites is 1. The van der Waals surface area contributed by atoms with Gasteiger partial charge in [-0.05, 0) is 67.8 Å². The van der Waals surface area contributed by atoms with Gasteiger partial charge in [0.1, 0.15) is 22.9 Å². The van der Waals surface area contributed by atoms with E-state index >= 15 is 0 Å². The van der Waals surface area contributed by atoms with Crippen LogP contribution in [0.5, 0.6) is 17.4 Å². The van der Waals surface area contributed by atoms with Crippen LogP contribution in [0.15, 0.2) is 71.8 Å². The van der Waals surface area contributed by atoms with E-state index in [9.17, 15) is 22.7 Å². The summed E-state index contributed by atoms with van der Waals surface area (Å²) >= 11 is 0. The number of hydrogen-bond acceptors (Lipinski definition) is 8. The minimum atomic E-state index is -4.31. The number of aliphatic hydroxyl groups excluding tert-OH is 1. The summed E-state index contributed by atoms with van der Waals surface area (Å²) in [7, 11) is -4.31. The van der Waals surface area contributed by atoms with E-state index in [1.165, 1.54) is 30.3 Å². The van der Waals surface area contributed by atoms with Gasteiger partial charge >= 0.3 is 0 Å². The van der Waals surface area contributed by atoms with Crippen molar-refractivity contribution in [3.63, 3.8) is 0 Å². The summed E-state index contributed by atoms with van der Waals surface area (Å²) in [5.41, 5.74) is 2.53. The van der Waals surface area contributed by atoms with E-state index < -0.39 is 21.7 Å². The molecule has 4 rings (SSSR count). The predicted molar refractivity (Wildman–Crippen MR) is 156 cm³/mol. The summed E-state index contributed by atoms with van der Waals surface area (Å²) in [5, 5.41) is 8.98. The normalized spacial score (nSPS) is 12.0. The second-order valence-electron chi connectivity index (χ2n) is 9.90. The highest BCUT2D eigenvalue weighted by molar-refractivity contribution is 7.90. The van der Waals surface area contributed by atoms with Gasteiger partial charge in [0.05, 0.1) is 12.3 Å². The third-order valence-corrected chi connectivity index (χ3v) is 7.60. The Kier molecular flexibility index (Phi) is 9.54. The third-order valence-electron chi connectivity index (χ3n) is 6.37. The molecule has 0 radical (unpaired) electrons. The lowest BCUT2D eigenvalue weighted by molar-refractivity contribution is 0.0978. The van der Waals surface area contributed by atoms with E-state index in [0.29, 0.717) is 23.4 Å². The summed E-state index contributed by atoms with van der Waals surface area (Å²) in [4.78, 5) is 22.0. The zero-order valence-electron chi connectivity index (χ0n) is 23.7. The van der Waals surface area contributed by atoms with E-state index in [-0.39, 0.29) is 47.0 Å². The predicted octanol–water partition coefficient (Wildman–Crippen LogP) is 5.38. The maximum Gasteiger partial charge on any atom is 0.281 e. The van der Waals surface area contributed by atoms with Crippen LogP contribution in [0.3, 0.4) is 0 Å². The Morgan fingerprint density at radius 3 is 2.43 bits per heavy atom. The van der Waals surface area contributed by atoms with Gasteiger partial charge in [0.25, 0.3) is 15.9 Å². The molecule has 2 aromatic heterocycles. The Morgan fingerprint density at radius 2 is 1.74 bits per heavy atom. The minimum absolute atomic E-state index is 0.0813. The Morgan fingerprint density at radius 1 is 1.02 bits per heavy atom. The number of aromatic nitrogens is 2. The highest BCUT2D eigenvalue weighted by Crippen LogP contribution is 2.33. The summed E-state index contributed by atoms with van der Waals surface area (Å²) in [6.07, 6.45) is 0.518. The number of aliphatic hydroxyl groups is 1. The van der Waals surface area contributed by atoms with Crippen LogP contribution in [0.2, 0.25) is 0 Å². The molecule has 1 unspecified atom stereocenters. The molecular formula is C31H32FN3O6S. The van der Waals surface area contributed by atoms with Crippen LogP contribution < -0.4 is 14.2 Å². The molecule has 2 heterocycles. The number of nitrogens with one attached hydrogen (secondary N) is 1. The van der Waals surface area contributed by atoms with Crippen LogP contribution in [0.25, 0.3) is 11.3 Å². The molecule has 0 saturated carbocycles. The SMILES string of the molecule is CCc1cccc(S(=O)(=O)NC(=O)c2ccc(-c3cc(F)cc(OCC(C)CO)c3)nc2Oc2c(C)cccc2C)n1. The van der Waals surface area contributed by atoms with E-state index in [2.05, 4.69) is 14.7 Å². The van der Waals surface area contributed by atoms with E-state index in [0.717, 1.165) is 11.1 Å². The van der Waals surface area contributed by atoms with E-state index in [1.807, 2.05) is 39.0 Å². The van der Waals surface area contributed by atoms with Gasteiger partial charge < -0.3 is 14.6 Å². The van der Waals surface area contributed by atoms with Crippen molar-refractivity contribution in [1.29, 1.82) is 0 Å². The number of sulfonamides is 1. The number of nitrogens with zero attached hydrogens (tertiary/aromatic N) is 2. The molecule has 220 valence electrons. The fourth-order valence-corrected chi connectivity index (χ4v) is 4.98. The van der Waals surface area contributed by atoms with Crippen molar-refractivity contribution in [1.82, 2.24) is 14.7 Å². The molecule has 0 aliphatic heterocycles. The molecule has 2 N–H and O–H groups in total. The van der Waals surface area contributed by atoms with Crippen molar-refractivity contribution < 1.29 is 32.2 Å². The molecule has 11 heteroatoms. The summed E-state index contributed by atoms with van der Waals surface area (Å²) < 4.78 is 54.4. The molecule has 1 atom stereocenters. The topological polar surface area (TPSA) is 128 Å². The lowest BCUT2D eigenvalue weighted by Gasteiger charge is -2.16.